The zero-order valence-corrected chi connectivity index (χ0v) is 9.88. The minimum Gasteiger partial charge on any atom is -0.341 e. The second-order valence-corrected chi connectivity index (χ2v) is 4.27. The van der Waals surface area contributed by atoms with Crippen molar-refractivity contribution in [2.45, 2.75) is 19.8 Å². The first kappa shape index (κ1) is 11.3. The average molecular weight is 226 g/mol. The van der Waals surface area contributed by atoms with Gasteiger partial charge in [0, 0.05) is 18.0 Å². The molecule has 17 heavy (non-hydrogen) atoms. The molecular formula is C13H14N4. The van der Waals surface area contributed by atoms with Crippen LogP contribution in [0.5, 0.6) is 0 Å². The number of imidazole rings is 1. The van der Waals surface area contributed by atoms with Gasteiger partial charge in [0.15, 0.2) is 0 Å². The topological polar surface area (TPSA) is 65.4 Å². The van der Waals surface area contributed by atoms with E-state index in [1.807, 2.05) is 26.0 Å². The molecule has 1 atom stereocenters. The van der Waals surface area contributed by atoms with Crippen molar-refractivity contribution in [3.63, 3.8) is 0 Å². The Hall–Kier alpha value is -2.15. The predicted octanol–water partition coefficient (Wildman–Crippen LogP) is 2.73. The molecule has 0 aliphatic carbocycles. The molecule has 2 aromatic heterocycles. The Bertz CT molecular complexity index is 522. The van der Waals surface area contributed by atoms with Crippen molar-refractivity contribution in [1.29, 1.82) is 5.26 Å². The van der Waals surface area contributed by atoms with Crippen LogP contribution in [-0.2, 0) is 0 Å². The van der Waals surface area contributed by atoms with E-state index < -0.39 is 0 Å². The highest BCUT2D eigenvalue weighted by molar-refractivity contribution is 5.56. The standard InChI is InChI=1S/C13H14N4/c1-9(2)11(6-14)13-16-8-12(17-13)10-4-3-5-15-7-10/h3-5,7-9,11H,1-2H3,(H,16,17). The second kappa shape index (κ2) is 4.79. The van der Waals surface area contributed by atoms with Crippen molar-refractivity contribution in [2.75, 3.05) is 0 Å². The summed E-state index contributed by atoms with van der Waals surface area (Å²) in [6.45, 7) is 4.03. The molecule has 0 bridgehead atoms. The molecule has 4 heteroatoms. The third-order valence-corrected chi connectivity index (χ3v) is 2.67. The maximum absolute atomic E-state index is 9.11. The molecule has 2 heterocycles. The minimum absolute atomic E-state index is 0.194. The highest BCUT2D eigenvalue weighted by Crippen LogP contribution is 2.23. The Morgan fingerprint density at radius 1 is 1.35 bits per heavy atom. The number of nitrogens with zero attached hydrogens (tertiary/aromatic N) is 3. The highest BCUT2D eigenvalue weighted by atomic mass is 14.9. The molecule has 0 saturated heterocycles. The van der Waals surface area contributed by atoms with Crippen LogP contribution in [0.1, 0.15) is 25.6 Å². The summed E-state index contributed by atoms with van der Waals surface area (Å²) in [5.74, 6) is 0.773. The normalized spacial score (nSPS) is 12.4. The smallest absolute Gasteiger partial charge is 0.124 e. The Balaban J connectivity index is 2.31. The van der Waals surface area contributed by atoms with Crippen LogP contribution >= 0.6 is 0 Å². The van der Waals surface area contributed by atoms with Crippen LogP contribution in [0.25, 0.3) is 11.3 Å². The van der Waals surface area contributed by atoms with E-state index in [9.17, 15) is 0 Å². The molecular weight excluding hydrogens is 212 g/mol. The Labute approximate surface area is 100 Å². The van der Waals surface area contributed by atoms with E-state index in [0.29, 0.717) is 0 Å². The third kappa shape index (κ3) is 2.34. The Morgan fingerprint density at radius 2 is 2.18 bits per heavy atom. The molecule has 2 rings (SSSR count). The van der Waals surface area contributed by atoms with Crippen molar-refractivity contribution in [3.8, 4) is 17.3 Å². The summed E-state index contributed by atoms with van der Waals surface area (Å²) >= 11 is 0. The molecule has 1 unspecified atom stereocenters. The minimum atomic E-state index is -0.194. The molecule has 0 fully saturated rings. The monoisotopic (exact) mass is 226 g/mol. The number of H-pyrrole nitrogens is 1. The first-order valence-electron chi connectivity index (χ1n) is 5.57. The first-order chi connectivity index (χ1) is 8.22. The van der Waals surface area contributed by atoms with Crippen molar-refractivity contribution in [1.82, 2.24) is 15.0 Å². The van der Waals surface area contributed by atoms with E-state index in [4.69, 9.17) is 5.26 Å². The molecule has 4 nitrogen and oxygen atoms in total. The van der Waals surface area contributed by atoms with Gasteiger partial charge in [0.25, 0.3) is 0 Å². The number of pyridine rings is 1. The third-order valence-electron chi connectivity index (χ3n) is 2.67. The fourth-order valence-corrected chi connectivity index (χ4v) is 1.69. The number of hydrogen-bond acceptors (Lipinski definition) is 3. The summed E-state index contributed by atoms with van der Waals surface area (Å²) in [6.07, 6.45) is 5.25. The largest absolute Gasteiger partial charge is 0.341 e. The Kier molecular flexibility index (Phi) is 3.20. The van der Waals surface area contributed by atoms with Gasteiger partial charge < -0.3 is 4.98 Å². The SMILES string of the molecule is CC(C)C(C#N)c1ncc(-c2cccnc2)[nH]1. The number of nitrogens with one attached hydrogen (secondary N) is 1. The zero-order chi connectivity index (χ0) is 12.3. The van der Waals surface area contributed by atoms with Gasteiger partial charge in [0.2, 0.25) is 0 Å². The van der Waals surface area contributed by atoms with Crippen molar-refractivity contribution < 1.29 is 0 Å². The summed E-state index contributed by atoms with van der Waals surface area (Å²) in [5.41, 5.74) is 1.88. The summed E-state index contributed by atoms with van der Waals surface area (Å²) in [7, 11) is 0. The highest BCUT2D eigenvalue weighted by Gasteiger charge is 2.18. The van der Waals surface area contributed by atoms with Crippen LogP contribution in [0.15, 0.2) is 30.7 Å². The summed E-state index contributed by atoms with van der Waals surface area (Å²) in [6, 6.07) is 6.11. The molecule has 86 valence electrons. The fraction of sp³-hybridized carbons (Fsp3) is 0.308. The zero-order valence-electron chi connectivity index (χ0n) is 9.88. The van der Waals surface area contributed by atoms with Crippen LogP contribution in [0, 0.1) is 17.2 Å². The molecule has 0 aliphatic rings. The van der Waals surface area contributed by atoms with Gasteiger partial charge in [-0.3, -0.25) is 4.98 Å². The van der Waals surface area contributed by atoms with Gasteiger partial charge in [-0.15, -0.1) is 0 Å². The van der Waals surface area contributed by atoms with E-state index in [-0.39, 0.29) is 11.8 Å². The van der Waals surface area contributed by atoms with Gasteiger partial charge in [-0.25, -0.2) is 4.98 Å². The van der Waals surface area contributed by atoms with Crippen LogP contribution in [0.4, 0.5) is 0 Å². The lowest BCUT2D eigenvalue weighted by atomic mass is 9.97. The first-order valence-corrected chi connectivity index (χ1v) is 5.57. The quantitative estimate of drug-likeness (QED) is 0.875. The number of aromatic nitrogens is 3. The maximum Gasteiger partial charge on any atom is 0.124 e. The van der Waals surface area contributed by atoms with E-state index in [2.05, 4.69) is 21.0 Å². The number of nitriles is 1. The summed E-state index contributed by atoms with van der Waals surface area (Å²) in [5, 5.41) is 9.11. The number of hydrogen-bond donors (Lipinski definition) is 1. The average Bonchev–Trinajstić information content (AvgIpc) is 2.80. The second-order valence-electron chi connectivity index (χ2n) is 4.27. The number of aromatic amines is 1. The van der Waals surface area contributed by atoms with Gasteiger partial charge >= 0.3 is 0 Å². The van der Waals surface area contributed by atoms with Gasteiger partial charge in [0.1, 0.15) is 11.7 Å². The van der Waals surface area contributed by atoms with Crippen molar-refractivity contribution >= 4 is 0 Å². The molecule has 0 aliphatic heterocycles. The summed E-state index contributed by atoms with van der Waals surface area (Å²) < 4.78 is 0. The van der Waals surface area contributed by atoms with E-state index >= 15 is 0 Å². The van der Waals surface area contributed by atoms with Crippen LogP contribution in [-0.4, -0.2) is 15.0 Å². The van der Waals surface area contributed by atoms with Crippen LogP contribution in [0.3, 0.4) is 0 Å². The number of rotatable bonds is 3. The summed E-state index contributed by atoms with van der Waals surface area (Å²) in [4.78, 5) is 11.5. The lowest BCUT2D eigenvalue weighted by molar-refractivity contribution is 0.566. The van der Waals surface area contributed by atoms with E-state index in [0.717, 1.165) is 17.1 Å². The van der Waals surface area contributed by atoms with E-state index in [1.165, 1.54) is 0 Å². The molecule has 0 spiro atoms. The molecule has 0 saturated carbocycles. The molecule has 1 N–H and O–H groups in total. The van der Waals surface area contributed by atoms with Crippen molar-refractivity contribution in [3.05, 3.63) is 36.5 Å². The molecule has 2 aromatic rings. The predicted molar refractivity (Wildman–Crippen MR) is 65.0 cm³/mol. The molecule has 0 aromatic carbocycles. The lowest BCUT2D eigenvalue weighted by Crippen LogP contribution is -2.05. The van der Waals surface area contributed by atoms with Crippen LogP contribution < -0.4 is 0 Å². The molecule has 0 radical (unpaired) electrons. The van der Waals surface area contributed by atoms with Gasteiger partial charge in [-0.1, -0.05) is 13.8 Å². The van der Waals surface area contributed by atoms with Gasteiger partial charge in [0.05, 0.1) is 18.0 Å². The van der Waals surface area contributed by atoms with E-state index in [1.54, 1.807) is 18.6 Å². The van der Waals surface area contributed by atoms with Crippen LogP contribution in [0.2, 0.25) is 0 Å². The molecule has 0 amide bonds. The van der Waals surface area contributed by atoms with Crippen molar-refractivity contribution in [2.24, 2.45) is 5.92 Å². The van der Waals surface area contributed by atoms with Gasteiger partial charge in [-0.2, -0.15) is 5.26 Å². The Morgan fingerprint density at radius 3 is 2.76 bits per heavy atom. The fourth-order valence-electron chi connectivity index (χ4n) is 1.69. The maximum atomic E-state index is 9.11. The van der Waals surface area contributed by atoms with Gasteiger partial charge in [-0.05, 0) is 18.1 Å². The lowest BCUT2D eigenvalue weighted by Gasteiger charge is -2.09.